The second-order valence-corrected chi connectivity index (χ2v) is 6.26. The summed E-state index contributed by atoms with van der Waals surface area (Å²) in [5.41, 5.74) is 2.10. The SMILES string of the molecule is O=C(Cc1cc(Cl)cc2c1OCC2)c1cc(F)cc(Br)c1. The largest absolute Gasteiger partial charge is 0.493 e. The number of ketones is 1. The maximum Gasteiger partial charge on any atom is 0.167 e. The van der Waals surface area contributed by atoms with Gasteiger partial charge in [-0.1, -0.05) is 27.5 Å². The lowest BCUT2D eigenvalue weighted by atomic mass is 10.00. The van der Waals surface area contributed by atoms with Crippen molar-refractivity contribution in [2.75, 3.05) is 6.61 Å². The molecule has 108 valence electrons. The van der Waals surface area contributed by atoms with Crippen LogP contribution in [0.2, 0.25) is 5.02 Å². The highest BCUT2D eigenvalue weighted by Crippen LogP contribution is 2.33. The van der Waals surface area contributed by atoms with Crippen LogP contribution in [0.4, 0.5) is 4.39 Å². The lowest BCUT2D eigenvalue weighted by Crippen LogP contribution is -2.05. The van der Waals surface area contributed by atoms with Crippen molar-refractivity contribution in [2.45, 2.75) is 12.8 Å². The molecule has 0 aliphatic carbocycles. The Balaban J connectivity index is 1.92. The zero-order valence-corrected chi connectivity index (χ0v) is 13.3. The van der Waals surface area contributed by atoms with Crippen LogP contribution in [0, 0.1) is 5.82 Å². The molecule has 2 aromatic rings. The van der Waals surface area contributed by atoms with Crippen LogP contribution in [0.5, 0.6) is 5.75 Å². The van der Waals surface area contributed by atoms with Gasteiger partial charge in [-0.05, 0) is 35.9 Å². The number of rotatable bonds is 3. The normalized spacial score (nSPS) is 12.9. The summed E-state index contributed by atoms with van der Waals surface area (Å²) in [6, 6.07) is 7.75. The summed E-state index contributed by atoms with van der Waals surface area (Å²) in [5, 5.41) is 0.586. The van der Waals surface area contributed by atoms with Crippen molar-refractivity contribution in [1.82, 2.24) is 0 Å². The van der Waals surface area contributed by atoms with E-state index in [1.54, 1.807) is 12.1 Å². The molecule has 0 saturated heterocycles. The summed E-state index contributed by atoms with van der Waals surface area (Å²) in [4.78, 5) is 12.3. The first-order chi connectivity index (χ1) is 10.0. The number of carbonyl (C=O) groups excluding carboxylic acids is 1. The molecule has 0 bridgehead atoms. The molecule has 0 radical (unpaired) electrons. The minimum atomic E-state index is -0.444. The van der Waals surface area contributed by atoms with Crippen LogP contribution in [-0.4, -0.2) is 12.4 Å². The van der Waals surface area contributed by atoms with Gasteiger partial charge in [-0.15, -0.1) is 0 Å². The van der Waals surface area contributed by atoms with Crippen LogP contribution in [-0.2, 0) is 12.8 Å². The first-order valence-electron chi connectivity index (χ1n) is 6.46. The third-order valence-corrected chi connectivity index (χ3v) is 4.04. The Kier molecular flexibility index (Phi) is 4.00. The predicted octanol–water partition coefficient (Wildman–Crippen LogP) is 4.60. The minimum Gasteiger partial charge on any atom is -0.493 e. The van der Waals surface area contributed by atoms with Gasteiger partial charge >= 0.3 is 0 Å². The Labute approximate surface area is 135 Å². The Morgan fingerprint density at radius 2 is 2.10 bits per heavy atom. The topological polar surface area (TPSA) is 26.3 Å². The van der Waals surface area contributed by atoms with Crippen molar-refractivity contribution in [2.24, 2.45) is 0 Å². The van der Waals surface area contributed by atoms with Gasteiger partial charge in [-0.25, -0.2) is 4.39 Å². The summed E-state index contributed by atoms with van der Waals surface area (Å²) in [7, 11) is 0. The fraction of sp³-hybridized carbons (Fsp3) is 0.188. The van der Waals surface area contributed by atoms with Gasteiger partial charge in [-0.2, -0.15) is 0 Å². The fourth-order valence-corrected chi connectivity index (χ4v) is 3.20. The fourth-order valence-electron chi connectivity index (χ4n) is 2.47. The Morgan fingerprint density at radius 1 is 1.29 bits per heavy atom. The van der Waals surface area contributed by atoms with Gasteiger partial charge in [0.1, 0.15) is 11.6 Å². The van der Waals surface area contributed by atoms with E-state index in [4.69, 9.17) is 16.3 Å². The van der Waals surface area contributed by atoms with E-state index in [2.05, 4.69) is 15.9 Å². The Bertz CT molecular complexity index is 710. The van der Waals surface area contributed by atoms with E-state index in [-0.39, 0.29) is 12.2 Å². The maximum absolute atomic E-state index is 13.4. The lowest BCUT2D eigenvalue weighted by Gasteiger charge is -2.09. The van der Waals surface area contributed by atoms with E-state index in [0.29, 0.717) is 21.7 Å². The van der Waals surface area contributed by atoms with Gasteiger partial charge in [0.25, 0.3) is 0 Å². The molecule has 1 aliphatic rings. The van der Waals surface area contributed by atoms with E-state index >= 15 is 0 Å². The van der Waals surface area contributed by atoms with E-state index in [9.17, 15) is 9.18 Å². The van der Waals surface area contributed by atoms with Gasteiger partial charge in [0.15, 0.2) is 5.78 Å². The molecule has 1 heterocycles. The number of Topliss-reactive ketones (excluding diaryl/α,β-unsaturated/α-hetero) is 1. The summed E-state index contributed by atoms with van der Waals surface area (Å²) in [5.74, 6) is 0.124. The van der Waals surface area contributed by atoms with Crippen molar-refractivity contribution in [3.05, 3.63) is 62.3 Å². The molecule has 0 fully saturated rings. The van der Waals surface area contributed by atoms with E-state index in [1.165, 1.54) is 12.1 Å². The van der Waals surface area contributed by atoms with Crippen LogP contribution in [0.1, 0.15) is 21.5 Å². The Morgan fingerprint density at radius 3 is 2.86 bits per heavy atom. The summed E-state index contributed by atoms with van der Waals surface area (Å²) >= 11 is 9.26. The van der Waals surface area contributed by atoms with Gasteiger partial charge in [-0.3, -0.25) is 4.79 Å². The number of fused-ring (bicyclic) bond motifs is 1. The second kappa shape index (κ2) is 5.78. The molecule has 0 N–H and O–H groups in total. The average Bonchev–Trinajstić information content (AvgIpc) is 2.85. The van der Waals surface area contributed by atoms with E-state index in [0.717, 1.165) is 23.3 Å². The Hall–Kier alpha value is -1.39. The van der Waals surface area contributed by atoms with Crippen molar-refractivity contribution in [1.29, 1.82) is 0 Å². The smallest absolute Gasteiger partial charge is 0.167 e. The summed E-state index contributed by atoms with van der Waals surface area (Å²) < 4.78 is 19.5. The molecule has 0 amide bonds. The van der Waals surface area contributed by atoms with E-state index < -0.39 is 5.82 Å². The lowest BCUT2D eigenvalue weighted by molar-refractivity contribution is 0.0991. The molecular formula is C16H11BrClFO2. The van der Waals surface area contributed by atoms with Crippen LogP contribution >= 0.6 is 27.5 Å². The highest BCUT2D eigenvalue weighted by Gasteiger charge is 2.20. The average molecular weight is 370 g/mol. The number of hydrogen-bond acceptors (Lipinski definition) is 2. The third kappa shape index (κ3) is 3.11. The van der Waals surface area contributed by atoms with Crippen LogP contribution in [0.15, 0.2) is 34.8 Å². The molecule has 21 heavy (non-hydrogen) atoms. The molecule has 2 aromatic carbocycles. The molecule has 0 spiro atoms. The molecule has 3 rings (SSSR count). The number of ether oxygens (including phenoxy) is 1. The molecular weight excluding hydrogens is 359 g/mol. The first kappa shape index (κ1) is 14.5. The molecule has 5 heteroatoms. The molecule has 0 atom stereocenters. The molecule has 1 aliphatic heterocycles. The number of halogens is 3. The van der Waals surface area contributed by atoms with Gasteiger partial charge in [0, 0.05) is 33.5 Å². The first-order valence-corrected chi connectivity index (χ1v) is 7.63. The highest BCUT2D eigenvalue weighted by atomic mass is 79.9. The second-order valence-electron chi connectivity index (χ2n) is 4.91. The monoisotopic (exact) mass is 368 g/mol. The number of hydrogen-bond donors (Lipinski definition) is 0. The highest BCUT2D eigenvalue weighted by molar-refractivity contribution is 9.10. The molecule has 0 saturated carbocycles. The van der Waals surface area contributed by atoms with Gasteiger partial charge in [0.2, 0.25) is 0 Å². The van der Waals surface area contributed by atoms with Crippen LogP contribution in [0.3, 0.4) is 0 Å². The quantitative estimate of drug-likeness (QED) is 0.739. The van der Waals surface area contributed by atoms with Gasteiger partial charge < -0.3 is 4.74 Å². The van der Waals surface area contributed by atoms with Crippen molar-refractivity contribution >= 4 is 33.3 Å². The zero-order valence-electron chi connectivity index (χ0n) is 11.0. The van der Waals surface area contributed by atoms with Crippen molar-refractivity contribution in [3.63, 3.8) is 0 Å². The zero-order chi connectivity index (χ0) is 15.0. The summed E-state index contributed by atoms with van der Waals surface area (Å²) in [6.07, 6.45) is 0.932. The number of benzene rings is 2. The van der Waals surface area contributed by atoms with Crippen LogP contribution in [0.25, 0.3) is 0 Å². The van der Waals surface area contributed by atoms with Crippen molar-refractivity contribution in [3.8, 4) is 5.75 Å². The predicted molar refractivity (Wildman–Crippen MR) is 82.8 cm³/mol. The summed E-state index contributed by atoms with van der Waals surface area (Å²) in [6.45, 7) is 0.600. The maximum atomic E-state index is 13.4. The standard InChI is InChI=1S/C16H11BrClFO2/c17-12-3-10(6-14(19)8-12)15(20)7-11-5-13(18)4-9-1-2-21-16(9)11/h3-6,8H,1-2,7H2. The number of carbonyl (C=O) groups is 1. The van der Waals surface area contributed by atoms with Crippen LogP contribution < -0.4 is 4.74 Å². The minimum absolute atomic E-state index is 0.138. The molecule has 0 aromatic heterocycles. The van der Waals surface area contributed by atoms with E-state index in [1.807, 2.05) is 6.07 Å². The molecule has 0 unspecified atom stereocenters. The third-order valence-electron chi connectivity index (χ3n) is 3.36. The van der Waals surface area contributed by atoms with Crippen molar-refractivity contribution < 1.29 is 13.9 Å². The van der Waals surface area contributed by atoms with Gasteiger partial charge in [0.05, 0.1) is 6.61 Å². The molecule has 2 nitrogen and oxygen atoms in total.